The standard InChI is InChI=1S/C15H19IN2O2/c1-10(2)8-18-9-11(7-14(18)19)15(20)17-13-5-3-12(16)4-6-13/h3-6,10-11H,7-9H2,1-2H3,(H,17,20). The quantitative estimate of drug-likeness (QED) is 0.810. The molecule has 0 saturated carbocycles. The molecule has 1 N–H and O–H groups in total. The summed E-state index contributed by atoms with van der Waals surface area (Å²) >= 11 is 2.22. The third kappa shape index (κ3) is 3.94. The van der Waals surface area contributed by atoms with E-state index >= 15 is 0 Å². The van der Waals surface area contributed by atoms with Gasteiger partial charge in [0.15, 0.2) is 0 Å². The summed E-state index contributed by atoms with van der Waals surface area (Å²) in [7, 11) is 0. The van der Waals surface area contributed by atoms with Gasteiger partial charge >= 0.3 is 0 Å². The molecular weight excluding hydrogens is 367 g/mol. The highest BCUT2D eigenvalue weighted by molar-refractivity contribution is 14.1. The highest BCUT2D eigenvalue weighted by Gasteiger charge is 2.34. The molecule has 5 heteroatoms. The molecule has 1 fully saturated rings. The molecule has 2 rings (SSSR count). The molecule has 0 radical (unpaired) electrons. The fraction of sp³-hybridized carbons (Fsp3) is 0.467. The summed E-state index contributed by atoms with van der Waals surface area (Å²) in [6.07, 6.45) is 0.322. The monoisotopic (exact) mass is 386 g/mol. The first-order valence-corrected chi connectivity index (χ1v) is 7.88. The number of carbonyl (C=O) groups excluding carboxylic acids is 2. The van der Waals surface area contributed by atoms with Crippen molar-refractivity contribution in [2.24, 2.45) is 11.8 Å². The molecule has 1 aliphatic rings. The summed E-state index contributed by atoms with van der Waals surface area (Å²) in [6.45, 7) is 5.41. The number of nitrogens with zero attached hydrogens (tertiary/aromatic N) is 1. The van der Waals surface area contributed by atoms with Gasteiger partial charge in [-0.25, -0.2) is 0 Å². The number of benzene rings is 1. The molecule has 1 aliphatic heterocycles. The molecule has 2 amide bonds. The smallest absolute Gasteiger partial charge is 0.229 e. The Morgan fingerprint density at radius 1 is 1.40 bits per heavy atom. The van der Waals surface area contributed by atoms with Gasteiger partial charge in [-0.3, -0.25) is 9.59 Å². The number of anilines is 1. The van der Waals surface area contributed by atoms with Crippen molar-refractivity contribution < 1.29 is 9.59 Å². The molecule has 4 nitrogen and oxygen atoms in total. The molecule has 1 saturated heterocycles. The largest absolute Gasteiger partial charge is 0.342 e. The summed E-state index contributed by atoms with van der Waals surface area (Å²) in [5, 5.41) is 2.88. The van der Waals surface area contributed by atoms with Crippen LogP contribution in [0.1, 0.15) is 20.3 Å². The Labute approximate surface area is 133 Å². The molecular formula is C15H19IN2O2. The average molecular weight is 386 g/mol. The normalized spacial score (nSPS) is 18.7. The highest BCUT2D eigenvalue weighted by atomic mass is 127. The van der Waals surface area contributed by atoms with E-state index in [1.807, 2.05) is 24.3 Å². The molecule has 0 bridgehead atoms. The number of amides is 2. The van der Waals surface area contributed by atoms with Crippen LogP contribution in [0.2, 0.25) is 0 Å². The lowest BCUT2D eigenvalue weighted by molar-refractivity contribution is -0.128. The van der Waals surface area contributed by atoms with Crippen molar-refractivity contribution in [3.05, 3.63) is 27.8 Å². The second kappa shape index (κ2) is 6.56. The molecule has 1 aromatic carbocycles. The maximum Gasteiger partial charge on any atom is 0.229 e. The zero-order valence-corrected chi connectivity index (χ0v) is 13.9. The number of hydrogen-bond acceptors (Lipinski definition) is 2. The Balaban J connectivity index is 1.94. The minimum Gasteiger partial charge on any atom is -0.342 e. The van der Waals surface area contributed by atoms with Crippen LogP contribution in [0.15, 0.2) is 24.3 Å². The summed E-state index contributed by atoms with van der Waals surface area (Å²) in [4.78, 5) is 25.8. The van der Waals surface area contributed by atoms with Crippen molar-refractivity contribution >= 4 is 40.1 Å². The minimum atomic E-state index is -0.236. The van der Waals surface area contributed by atoms with Crippen LogP contribution in [0.5, 0.6) is 0 Å². The van der Waals surface area contributed by atoms with Crippen molar-refractivity contribution in [3.8, 4) is 0 Å². The van der Waals surface area contributed by atoms with Gasteiger partial charge in [0.2, 0.25) is 11.8 Å². The Morgan fingerprint density at radius 2 is 2.05 bits per heavy atom. The Hall–Kier alpha value is -1.11. The van der Waals surface area contributed by atoms with Crippen LogP contribution < -0.4 is 5.32 Å². The number of nitrogens with one attached hydrogen (secondary N) is 1. The molecule has 108 valence electrons. The number of rotatable bonds is 4. The van der Waals surface area contributed by atoms with Crippen LogP contribution in [0.4, 0.5) is 5.69 Å². The van der Waals surface area contributed by atoms with E-state index < -0.39 is 0 Å². The predicted octanol–water partition coefficient (Wildman–Crippen LogP) is 2.73. The van der Waals surface area contributed by atoms with Gasteiger partial charge < -0.3 is 10.2 Å². The SMILES string of the molecule is CC(C)CN1CC(C(=O)Nc2ccc(I)cc2)CC1=O. The predicted molar refractivity (Wildman–Crippen MR) is 87.3 cm³/mol. The van der Waals surface area contributed by atoms with E-state index in [-0.39, 0.29) is 17.7 Å². The van der Waals surface area contributed by atoms with E-state index in [0.717, 1.165) is 15.8 Å². The van der Waals surface area contributed by atoms with Crippen LogP contribution in [-0.4, -0.2) is 29.8 Å². The number of likely N-dealkylation sites (tertiary alicyclic amines) is 1. The number of halogens is 1. The lowest BCUT2D eigenvalue weighted by Crippen LogP contribution is -2.31. The van der Waals surface area contributed by atoms with Gasteiger partial charge in [0.25, 0.3) is 0 Å². The van der Waals surface area contributed by atoms with E-state index in [9.17, 15) is 9.59 Å². The van der Waals surface area contributed by atoms with Crippen molar-refractivity contribution in [2.75, 3.05) is 18.4 Å². The Kier molecular flexibility index (Phi) is 5.01. The fourth-order valence-electron chi connectivity index (χ4n) is 2.34. The van der Waals surface area contributed by atoms with E-state index in [4.69, 9.17) is 0 Å². The van der Waals surface area contributed by atoms with Crippen LogP contribution in [0.3, 0.4) is 0 Å². The molecule has 1 atom stereocenters. The van der Waals surface area contributed by atoms with Gasteiger partial charge in [-0.05, 0) is 52.8 Å². The van der Waals surface area contributed by atoms with E-state index in [1.54, 1.807) is 4.90 Å². The van der Waals surface area contributed by atoms with Crippen molar-refractivity contribution in [2.45, 2.75) is 20.3 Å². The topological polar surface area (TPSA) is 49.4 Å². The second-order valence-corrected chi connectivity index (χ2v) is 6.84. The maximum atomic E-state index is 12.2. The van der Waals surface area contributed by atoms with Crippen LogP contribution >= 0.6 is 22.6 Å². The number of hydrogen-bond donors (Lipinski definition) is 1. The molecule has 1 unspecified atom stereocenters. The van der Waals surface area contributed by atoms with E-state index in [2.05, 4.69) is 41.8 Å². The van der Waals surface area contributed by atoms with Crippen LogP contribution in [-0.2, 0) is 9.59 Å². The Morgan fingerprint density at radius 3 is 2.65 bits per heavy atom. The number of carbonyl (C=O) groups is 2. The summed E-state index contributed by atoms with van der Waals surface area (Å²) < 4.78 is 1.12. The summed E-state index contributed by atoms with van der Waals surface area (Å²) in [6, 6.07) is 7.65. The van der Waals surface area contributed by atoms with Gasteiger partial charge in [-0.2, -0.15) is 0 Å². The first-order chi connectivity index (χ1) is 9.45. The van der Waals surface area contributed by atoms with Gasteiger partial charge in [0.05, 0.1) is 5.92 Å². The maximum absolute atomic E-state index is 12.2. The lowest BCUT2D eigenvalue weighted by Gasteiger charge is -2.18. The summed E-state index contributed by atoms with van der Waals surface area (Å²) in [5.74, 6) is 0.213. The lowest BCUT2D eigenvalue weighted by atomic mass is 10.1. The first-order valence-electron chi connectivity index (χ1n) is 6.80. The van der Waals surface area contributed by atoms with Crippen molar-refractivity contribution in [1.82, 2.24) is 4.90 Å². The second-order valence-electron chi connectivity index (χ2n) is 5.59. The average Bonchev–Trinajstić information content (AvgIpc) is 2.73. The molecule has 0 aromatic heterocycles. The van der Waals surface area contributed by atoms with Crippen molar-refractivity contribution in [3.63, 3.8) is 0 Å². The Bertz CT molecular complexity index is 499. The molecule has 0 spiro atoms. The molecule has 20 heavy (non-hydrogen) atoms. The van der Waals surface area contributed by atoms with Crippen LogP contribution in [0.25, 0.3) is 0 Å². The van der Waals surface area contributed by atoms with Gasteiger partial charge in [0.1, 0.15) is 0 Å². The minimum absolute atomic E-state index is 0.0641. The van der Waals surface area contributed by atoms with Gasteiger partial charge in [-0.15, -0.1) is 0 Å². The zero-order chi connectivity index (χ0) is 14.7. The molecule has 1 heterocycles. The fourth-order valence-corrected chi connectivity index (χ4v) is 2.70. The molecule has 0 aliphatic carbocycles. The van der Waals surface area contributed by atoms with E-state index in [1.165, 1.54) is 0 Å². The van der Waals surface area contributed by atoms with Gasteiger partial charge in [-0.1, -0.05) is 13.8 Å². The first kappa shape index (κ1) is 15.3. The van der Waals surface area contributed by atoms with Crippen LogP contribution in [0, 0.1) is 15.4 Å². The third-order valence-corrected chi connectivity index (χ3v) is 4.00. The zero-order valence-electron chi connectivity index (χ0n) is 11.7. The molecule has 1 aromatic rings. The van der Waals surface area contributed by atoms with Crippen molar-refractivity contribution in [1.29, 1.82) is 0 Å². The van der Waals surface area contributed by atoms with Gasteiger partial charge in [0, 0.05) is 28.8 Å². The van der Waals surface area contributed by atoms with E-state index in [0.29, 0.717) is 18.9 Å². The summed E-state index contributed by atoms with van der Waals surface area (Å²) in [5.41, 5.74) is 0.783. The highest BCUT2D eigenvalue weighted by Crippen LogP contribution is 2.21. The third-order valence-electron chi connectivity index (χ3n) is 3.28.